The SMILES string of the molecule is CC(C)Oc1ccc(C2C(C(=O)C(C)C)=C(O)C(=O)N2C2CCCC2)cc1. The average Bonchev–Trinajstić information content (AvgIpc) is 3.22. The highest BCUT2D eigenvalue weighted by Gasteiger charge is 2.47. The van der Waals surface area contributed by atoms with Crippen molar-refractivity contribution in [2.45, 2.75) is 71.6 Å². The summed E-state index contributed by atoms with van der Waals surface area (Å²) in [5.74, 6) is -0.514. The lowest BCUT2D eigenvalue weighted by molar-refractivity contribution is -0.131. The van der Waals surface area contributed by atoms with Crippen LogP contribution in [0, 0.1) is 5.92 Å². The lowest BCUT2D eigenvalue weighted by atomic mass is 9.90. The minimum Gasteiger partial charge on any atom is -0.503 e. The van der Waals surface area contributed by atoms with Crippen LogP contribution in [0.4, 0.5) is 0 Å². The molecule has 1 atom stereocenters. The maximum absolute atomic E-state index is 12.9. The number of ketones is 1. The van der Waals surface area contributed by atoms with Gasteiger partial charge in [0, 0.05) is 12.0 Å². The molecule has 1 aromatic carbocycles. The highest BCUT2D eigenvalue weighted by Crippen LogP contribution is 2.43. The first-order valence-corrected chi connectivity index (χ1v) is 9.87. The molecular weight excluding hydrogens is 342 g/mol. The van der Waals surface area contributed by atoms with Crippen molar-refractivity contribution in [3.8, 4) is 5.75 Å². The molecule has 0 radical (unpaired) electrons. The minimum atomic E-state index is -0.524. The molecule has 1 aliphatic carbocycles. The number of rotatable bonds is 6. The number of aliphatic hydroxyl groups excluding tert-OH is 1. The second-order valence-corrected chi connectivity index (χ2v) is 8.07. The fourth-order valence-corrected chi connectivity index (χ4v) is 4.07. The van der Waals surface area contributed by atoms with Crippen LogP contribution in [0.1, 0.15) is 65.0 Å². The number of amides is 1. The third-order valence-electron chi connectivity index (χ3n) is 5.32. The van der Waals surface area contributed by atoms with E-state index in [1.807, 2.05) is 38.1 Å². The molecule has 5 heteroatoms. The van der Waals surface area contributed by atoms with E-state index in [0.29, 0.717) is 0 Å². The molecular formula is C22H29NO4. The fourth-order valence-electron chi connectivity index (χ4n) is 4.07. The van der Waals surface area contributed by atoms with Crippen LogP contribution >= 0.6 is 0 Å². The van der Waals surface area contributed by atoms with Gasteiger partial charge < -0.3 is 14.7 Å². The second kappa shape index (κ2) is 7.75. The Morgan fingerprint density at radius 3 is 2.22 bits per heavy atom. The van der Waals surface area contributed by atoms with Gasteiger partial charge in [-0.05, 0) is 44.4 Å². The minimum absolute atomic E-state index is 0.0636. The van der Waals surface area contributed by atoms with Gasteiger partial charge >= 0.3 is 0 Å². The van der Waals surface area contributed by atoms with E-state index in [-0.39, 0.29) is 35.2 Å². The molecule has 5 nitrogen and oxygen atoms in total. The van der Waals surface area contributed by atoms with E-state index >= 15 is 0 Å². The smallest absolute Gasteiger partial charge is 0.290 e. The van der Waals surface area contributed by atoms with Gasteiger partial charge in [0.1, 0.15) is 5.75 Å². The highest BCUT2D eigenvalue weighted by molar-refractivity contribution is 6.09. The molecule has 0 saturated heterocycles. The topological polar surface area (TPSA) is 66.8 Å². The van der Waals surface area contributed by atoms with Gasteiger partial charge in [-0.1, -0.05) is 38.8 Å². The molecule has 1 unspecified atom stereocenters. The maximum atomic E-state index is 12.9. The van der Waals surface area contributed by atoms with Crippen LogP contribution in [0.15, 0.2) is 35.6 Å². The number of nitrogens with zero attached hydrogens (tertiary/aromatic N) is 1. The van der Waals surface area contributed by atoms with E-state index < -0.39 is 11.9 Å². The number of hydrogen-bond acceptors (Lipinski definition) is 4. The number of benzene rings is 1. The van der Waals surface area contributed by atoms with Gasteiger partial charge in [-0.15, -0.1) is 0 Å². The summed E-state index contributed by atoms with van der Waals surface area (Å²) in [6, 6.07) is 7.05. The van der Waals surface area contributed by atoms with Gasteiger partial charge in [0.25, 0.3) is 5.91 Å². The van der Waals surface area contributed by atoms with Crippen molar-refractivity contribution in [2.24, 2.45) is 5.92 Å². The van der Waals surface area contributed by atoms with Crippen molar-refractivity contribution < 1.29 is 19.4 Å². The number of Topliss-reactive ketones (excluding diaryl/α,β-unsaturated/α-hetero) is 1. The quantitative estimate of drug-likeness (QED) is 0.808. The third kappa shape index (κ3) is 3.73. The van der Waals surface area contributed by atoms with Crippen molar-refractivity contribution in [1.29, 1.82) is 0 Å². The number of ether oxygens (including phenoxy) is 1. The van der Waals surface area contributed by atoms with Crippen LogP contribution in [-0.2, 0) is 9.59 Å². The van der Waals surface area contributed by atoms with E-state index in [4.69, 9.17) is 4.74 Å². The van der Waals surface area contributed by atoms with Gasteiger partial charge in [-0.2, -0.15) is 0 Å². The Balaban J connectivity index is 2.02. The van der Waals surface area contributed by atoms with E-state index in [9.17, 15) is 14.7 Å². The molecule has 27 heavy (non-hydrogen) atoms. The number of carbonyl (C=O) groups excluding carboxylic acids is 2. The molecule has 1 aromatic rings. The van der Waals surface area contributed by atoms with E-state index in [1.54, 1.807) is 18.7 Å². The van der Waals surface area contributed by atoms with Crippen LogP contribution in [-0.4, -0.2) is 33.8 Å². The maximum Gasteiger partial charge on any atom is 0.290 e. The van der Waals surface area contributed by atoms with Gasteiger partial charge in [0.05, 0.1) is 17.7 Å². The van der Waals surface area contributed by atoms with E-state index in [1.165, 1.54) is 0 Å². The van der Waals surface area contributed by atoms with Crippen LogP contribution in [0.3, 0.4) is 0 Å². The third-order valence-corrected chi connectivity index (χ3v) is 5.32. The summed E-state index contributed by atoms with van der Waals surface area (Å²) in [6.07, 6.45) is 4.02. The molecule has 1 aliphatic heterocycles. The summed E-state index contributed by atoms with van der Waals surface area (Å²) in [6.45, 7) is 7.51. The Labute approximate surface area is 161 Å². The largest absolute Gasteiger partial charge is 0.503 e. The van der Waals surface area contributed by atoms with Crippen molar-refractivity contribution in [1.82, 2.24) is 4.90 Å². The first-order chi connectivity index (χ1) is 12.8. The first-order valence-electron chi connectivity index (χ1n) is 9.87. The van der Waals surface area contributed by atoms with E-state index in [0.717, 1.165) is 37.0 Å². The standard InChI is InChI=1S/C22H29NO4/c1-13(2)20(24)18-19(15-9-11-17(12-10-15)27-14(3)4)23(22(26)21(18)25)16-7-5-6-8-16/h9-14,16,19,25H,5-8H2,1-4H3. The van der Waals surface area contributed by atoms with Gasteiger partial charge in [-0.25, -0.2) is 0 Å². The molecule has 1 saturated carbocycles. The molecule has 1 fully saturated rings. The van der Waals surface area contributed by atoms with Crippen LogP contribution in [0.5, 0.6) is 5.75 Å². The average molecular weight is 371 g/mol. The zero-order chi connectivity index (χ0) is 19.7. The molecule has 0 spiro atoms. The van der Waals surface area contributed by atoms with Crippen molar-refractivity contribution >= 4 is 11.7 Å². The number of hydrogen-bond donors (Lipinski definition) is 1. The summed E-state index contributed by atoms with van der Waals surface area (Å²) in [5, 5.41) is 10.6. The summed E-state index contributed by atoms with van der Waals surface area (Å²) in [5.41, 5.74) is 1.07. The predicted octanol–water partition coefficient (Wildman–Crippen LogP) is 4.34. The molecule has 2 aliphatic rings. The fraction of sp³-hybridized carbons (Fsp3) is 0.545. The zero-order valence-corrected chi connectivity index (χ0v) is 16.6. The second-order valence-electron chi connectivity index (χ2n) is 8.07. The first kappa shape index (κ1) is 19.5. The molecule has 1 heterocycles. The Hall–Kier alpha value is -2.30. The van der Waals surface area contributed by atoms with Crippen LogP contribution < -0.4 is 4.74 Å². The van der Waals surface area contributed by atoms with Gasteiger partial charge in [-0.3, -0.25) is 9.59 Å². The van der Waals surface area contributed by atoms with Crippen molar-refractivity contribution in [3.63, 3.8) is 0 Å². The van der Waals surface area contributed by atoms with Gasteiger partial charge in [0.15, 0.2) is 11.5 Å². The number of carbonyl (C=O) groups is 2. The summed E-state index contributed by atoms with van der Waals surface area (Å²) >= 11 is 0. The van der Waals surface area contributed by atoms with Crippen molar-refractivity contribution in [2.75, 3.05) is 0 Å². The lowest BCUT2D eigenvalue weighted by Gasteiger charge is -2.32. The lowest BCUT2D eigenvalue weighted by Crippen LogP contribution is -2.38. The summed E-state index contributed by atoms with van der Waals surface area (Å²) in [4.78, 5) is 27.4. The Morgan fingerprint density at radius 2 is 1.70 bits per heavy atom. The number of aliphatic hydroxyl groups is 1. The van der Waals surface area contributed by atoms with Gasteiger partial charge in [0.2, 0.25) is 0 Å². The summed E-state index contributed by atoms with van der Waals surface area (Å²) < 4.78 is 5.70. The highest BCUT2D eigenvalue weighted by atomic mass is 16.5. The molecule has 3 rings (SSSR count). The van der Waals surface area contributed by atoms with Crippen molar-refractivity contribution in [3.05, 3.63) is 41.2 Å². The molecule has 1 N–H and O–H groups in total. The Bertz CT molecular complexity index is 742. The van der Waals surface area contributed by atoms with Crippen LogP contribution in [0.25, 0.3) is 0 Å². The van der Waals surface area contributed by atoms with E-state index in [2.05, 4.69) is 0 Å². The Morgan fingerprint density at radius 1 is 1.11 bits per heavy atom. The monoisotopic (exact) mass is 371 g/mol. The predicted molar refractivity (Wildman–Crippen MR) is 104 cm³/mol. The Kier molecular flexibility index (Phi) is 5.59. The molecule has 0 aromatic heterocycles. The molecule has 146 valence electrons. The molecule has 1 amide bonds. The molecule has 0 bridgehead atoms. The normalized spacial score (nSPS) is 21.0. The zero-order valence-electron chi connectivity index (χ0n) is 16.6. The van der Waals surface area contributed by atoms with Crippen LogP contribution in [0.2, 0.25) is 0 Å². The summed E-state index contributed by atoms with van der Waals surface area (Å²) in [7, 11) is 0.